The van der Waals surface area contributed by atoms with Crippen molar-refractivity contribution in [2.24, 2.45) is 0 Å². The second-order valence-electron chi connectivity index (χ2n) is 4.77. The molecule has 2 aromatic carbocycles. The lowest BCUT2D eigenvalue weighted by Gasteiger charge is -2.09. The maximum absolute atomic E-state index is 13.6. The molecule has 1 N–H and O–H groups in total. The molecule has 0 fully saturated rings. The topological polar surface area (TPSA) is 46.9 Å². The highest BCUT2D eigenvalue weighted by Crippen LogP contribution is 2.20. The van der Waals surface area contributed by atoms with Crippen LogP contribution in [0.15, 0.2) is 66.1 Å². The lowest BCUT2D eigenvalue weighted by atomic mass is 10.2. The number of aromatic nitrogens is 2. The minimum absolute atomic E-state index is 0.162. The minimum Gasteiger partial charge on any atom is -0.319 e. The van der Waals surface area contributed by atoms with Gasteiger partial charge in [-0.05, 0) is 36.6 Å². The number of hydrogen-bond acceptors (Lipinski definition) is 3. The number of amides is 1. The van der Waals surface area contributed by atoms with Crippen LogP contribution >= 0.6 is 11.8 Å². The average molecular weight is 327 g/mol. The number of thioether (sulfide) groups is 1. The molecule has 0 saturated heterocycles. The Morgan fingerprint density at radius 2 is 2.04 bits per heavy atom. The van der Waals surface area contributed by atoms with E-state index in [0.717, 1.165) is 10.8 Å². The van der Waals surface area contributed by atoms with Crippen LogP contribution < -0.4 is 5.32 Å². The molecule has 0 bridgehead atoms. The van der Waals surface area contributed by atoms with Gasteiger partial charge in [-0.3, -0.25) is 9.36 Å². The highest BCUT2D eigenvalue weighted by molar-refractivity contribution is 7.98. The van der Waals surface area contributed by atoms with Gasteiger partial charge < -0.3 is 5.32 Å². The summed E-state index contributed by atoms with van der Waals surface area (Å²) >= 11 is 1.52. The molecule has 23 heavy (non-hydrogen) atoms. The van der Waals surface area contributed by atoms with Gasteiger partial charge in [0.25, 0.3) is 5.91 Å². The van der Waals surface area contributed by atoms with Gasteiger partial charge in [0, 0.05) is 23.6 Å². The van der Waals surface area contributed by atoms with Gasteiger partial charge in [0.05, 0.1) is 5.69 Å². The molecule has 6 heteroatoms. The van der Waals surface area contributed by atoms with E-state index < -0.39 is 5.82 Å². The van der Waals surface area contributed by atoms with Crippen LogP contribution in [0.3, 0.4) is 0 Å². The van der Waals surface area contributed by atoms with Gasteiger partial charge in [0.2, 0.25) is 0 Å². The Morgan fingerprint density at radius 3 is 2.83 bits per heavy atom. The van der Waals surface area contributed by atoms with Crippen molar-refractivity contribution in [1.29, 1.82) is 0 Å². The second kappa shape index (κ2) is 6.66. The molecule has 0 saturated carbocycles. The number of carbonyl (C=O) groups excluding carboxylic acids is 1. The van der Waals surface area contributed by atoms with Crippen LogP contribution in [-0.4, -0.2) is 21.7 Å². The number of nitrogens with zero attached hydrogens (tertiary/aromatic N) is 2. The Morgan fingerprint density at radius 1 is 1.22 bits per heavy atom. The van der Waals surface area contributed by atoms with E-state index in [1.165, 1.54) is 23.9 Å². The van der Waals surface area contributed by atoms with Crippen LogP contribution in [0.1, 0.15) is 10.4 Å². The summed E-state index contributed by atoms with van der Waals surface area (Å²) in [6.45, 7) is 0. The highest BCUT2D eigenvalue weighted by atomic mass is 32.2. The highest BCUT2D eigenvalue weighted by Gasteiger charge is 2.11. The molecule has 0 unspecified atom stereocenters. The molecule has 3 aromatic rings. The fraction of sp³-hybridized carbons (Fsp3) is 0.0588. The lowest BCUT2D eigenvalue weighted by Crippen LogP contribution is -2.13. The number of hydrogen-bond donors (Lipinski definition) is 1. The zero-order valence-corrected chi connectivity index (χ0v) is 13.2. The predicted molar refractivity (Wildman–Crippen MR) is 89.7 cm³/mol. The molecule has 0 aliphatic heterocycles. The van der Waals surface area contributed by atoms with Gasteiger partial charge >= 0.3 is 0 Å². The Kier molecular flexibility index (Phi) is 4.43. The summed E-state index contributed by atoms with van der Waals surface area (Å²) in [5.41, 5.74) is 1.44. The third kappa shape index (κ3) is 3.27. The second-order valence-corrected chi connectivity index (χ2v) is 5.54. The Hall–Kier alpha value is -2.60. The molecule has 0 radical (unpaired) electrons. The Bertz CT molecular complexity index is 847. The van der Waals surface area contributed by atoms with Crippen molar-refractivity contribution < 1.29 is 9.18 Å². The van der Waals surface area contributed by atoms with E-state index in [4.69, 9.17) is 0 Å². The lowest BCUT2D eigenvalue weighted by molar-refractivity contribution is 0.102. The van der Waals surface area contributed by atoms with E-state index in [1.54, 1.807) is 36.5 Å². The van der Waals surface area contributed by atoms with Crippen molar-refractivity contribution in [2.45, 2.75) is 5.16 Å². The van der Waals surface area contributed by atoms with Crippen molar-refractivity contribution >= 4 is 23.4 Å². The molecule has 0 atom stereocenters. The maximum Gasteiger partial charge on any atom is 0.255 e. The first-order valence-electron chi connectivity index (χ1n) is 6.92. The largest absolute Gasteiger partial charge is 0.319 e. The number of imidazole rings is 1. The van der Waals surface area contributed by atoms with Gasteiger partial charge in [0.1, 0.15) is 5.82 Å². The third-order valence-corrected chi connectivity index (χ3v) is 3.97. The van der Waals surface area contributed by atoms with E-state index in [2.05, 4.69) is 10.3 Å². The zero-order valence-electron chi connectivity index (χ0n) is 12.4. The van der Waals surface area contributed by atoms with Crippen LogP contribution in [0, 0.1) is 5.82 Å². The first-order valence-corrected chi connectivity index (χ1v) is 8.15. The summed E-state index contributed by atoms with van der Waals surface area (Å²) in [6.07, 6.45) is 5.48. The summed E-state index contributed by atoms with van der Waals surface area (Å²) in [7, 11) is 0. The molecular formula is C17H14FN3OS. The summed E-state index contributed by atoms with van der Waals surface area (Å²) in [6, 6.07) is 13.2. The molecule has 0 spiro atoms. The molecule has 1 aromatic heterocycles. The van der Waals surface area contributed by atoms with Crippen LogP contribution in [0.2, 0.25) is 0 Å². The first-order chi connectivity index (χ1) is 11.2. The van der Waals surface area contributed by atoms with Crippen molar-refractivity contribution in [3.8, 4) is 5.69 Å². The Balaban J connectivity index is 1.88. The Labute approximate surface area is 137 Å². The molecule has 0 aliphatic carbocycles. The maximum atomic E-state index is 13.6. The van der Waals surface area contributed by atoms with E-state index >= 15 is 0 Å². The predicted octanol–water partition coefficient (Wildman–Crippen LogP) is 3.99. The zero-order chi connectivity index (χ0) is 16.2. The monoisotopic (exact) mass is 327 g/mol. The molecule has 4 nitrogen and oxygen atoms in total. The van der Waals surface area contributed by atoms with Gasteiger partial charge in [0.15, 0.2) is 5.16 Å². The van der Waals surface area contributed by atoms with Crippen molar-refractivity contribution in [1.82, 2.24) is 9.55 Å². The van der Waals surface area contributed by atoms with Crippen LogP contribution in [-0.2, 0) is 0 Å². The molecule has 1 heterocycles. The van der Waals surface area contributed by atoms with Crippen molar-refractivity contribution in [3.05, 3.63) is 72.3 Å². The number of para-hydroxylation sites is 1. The average Bonchev–Trinajstić information content (AvgIpc) is 3.06. The summed E-state index contributed by atoms with van der Waals surface area (Å²) in [5, 5.41) is 3.41. The van der Waals surface area contributed by atoms with Crippen LogP contribution in [0.25, 0.3) is 5.69 Å². The first kappa shape index (κ1) is 15.3. The molecule has 3 rings (SSSR count). The summed E-state index contributed by atoms with van der Waals surface area (Å²) in [5.74, 6) is -0.820. The van der Waals surface area contributed by atoms with E-state index in [0.29, 0.717) is 5.56 Å². The normalized spacial score (nSPS) is 10.5. The molecular weight excluding hydrogens is 313 g/mol. The fourth-order valence-corrected chi connectivity index (χ4v) is 2.72. The minimum atomic E-state index is -0.462. The number of carbonyl (C=O) groups is 1. The van der Waals surface area contributed by atoms with Crippen LogP contribution in [0.4, 0.5) is 10.1 Å². The van der Waals surface area contributed by atoms with Crippen molar-refractivity contribution in [2.75, 3.05) is 11.6 Å². The third-order valence-electron chi connectivity index (χ3n) is 3.30. The van der Waals surface area contributed by atoms with Gasteiger partial charge in [-0.25, -0.2) is 9.37 Å². The molecule has 1 amide bonds. The molecule has 116 valence electrons. The number of nitrogens with one attached hydrogen (secondary N) is 1. The summed E-state index contributed by atoms with van der Waals surface area (Å²) < 4.78 is 15.5. The van der Waals surface area contributed by atoms with E-state index in [9.17, 15) is 9.18 Å². The molecule has 0 aliphatic rings. The van der Waals surface area contributed by atoms with E-state index in [-0.39, 0.29) is 11.6 Å². The van der Waals surface area contributed by atoms with Gasteiger partial charge in [-0.2, -0.15) is 0 Å². The van der Waals surface area contributed by atoms with Gasteiger partial charge in [-0.1, -0.05) is 30.0 Å². The number of anilines is 1. The number of benzene rings is 2. The van der Waals surface area contributed by atoms with Crippen LogP contribution in [0.5, 0.6) is 0 Å². The fourth-order valence-electron chi connectivity index (χ4n) is 2.19. The SMILES string of the molecule is CSc1nccn1-c1cccc(C(=O)Nc2ccccc2F)c1. The quantitative estimate of drug-likeness (QED) is 0.737. The number of rotatable bonds is 4. The van der Waals surface area contributed by atoms with Gasteiger partial charge in [-0.15, -0.1) is 0 Å². The standard InChI is InChI=1S/C17H14FN3OS/c1-23-17-19-9-10-21(17)13-6-4-5-12(11-13)16(22)20-15-8-3-2-7-14(15)18/h2-11H,1H3,(H,20,22). The smallest absolute Gasteiger partial charge is 0.255 e. The summed E-state index contributed by atoms with van der Waals surface area (Å²) in [4.78, 5) is 16.6. The number of halogens is 1. The van der Waals surface area contributed by atoms with E-state index in [1.807, 2.05) is 23.1 Å². The van der Waals surface area contributed by atoms with Crippen molar-refractivity contribution in [3.63, 3.8) is 0 Å².